The number of halogens is 2. The normalized spacial score (nSPS) is 14.2. The van der Waals surface area contributed by atoms with Crippen molar-refractivity contribution in [2.75, 3.05) is 49.4 Å². The Morgan fingerprint density at radius 1 is 1.08 bits per heavy atom. The molecule has 1 fully saturated rings. The van der Waals surface area contributed by atoms with E-state index in [4.69, 9.17) is 0 Å². The van der Waals surface area contributed by atoms with Crippen molar-refractivity contribution in [1.82, 2.24) is 19.2 Å². The van der Waals surface area contributed by atoms with Crippen LogP contribution >= 0.6 is 0 Å². The smallest absolute Gasteiger partial charge is 0.301 e. The predicted octanol–water partition coefficient (Wildman–Crippen LogP) is 3.69. The number of nitrogens with one attached hydrogen (secondary N) is 2. The third-order valence-corrected chi connectivity index (χ3v) is 8.38. The number of piperazine rings is 1. The quantitative estimate of drug-likeness (QED) is 0.362. The summed E-state index contributed by atoms with van der Waals surface area (Å²) in [6, 6.07) is 13.4. The molecule has 3 heterocycles. The van der Waals surface area contributed by atoms with Gasteiger partial charge in [-0.3, -0.25) is 14.1 Å². The van der Waals surface area contributed by atoms with E-state index in [1.54, 1.807) is 19.2 Å². The van der Waals surface area contributed by atoms with Crippen LogP contribution in [0, 0.1) is 11.6 Å². The number of carbonyl (C=O) groups excluding carboxylic acids is 1. The highest BCUT2D eigenvalue weighted by Crippen LogP contribution is 2.28. The summed E-state index contributed by atoms with van der Waals surface area (Å²) in [5, 5.41) is 3.94. The van der Waals surface area contributed by atoms with Gasteiger partial charge in [0.2, 0.25) is 0 Å². The highest BCUT2D eigenvalue weighted by molar-refractivity contribution is 7.90. The number of rotatable bonds is 7. The first-order chi connectivity index (χ1) is 18.7. The largest absolute Gasteiger partial charge is 0.369 e. The van der Waals surface area contributed by atoms with Gasteiger partial charge in [0, 0.05) is 68.8 Å². The number of aromatic nitrogens is 2. The van der Waals surface area contributed by atoms with Crippen LogP contribution in [0.3, 0.4) is 0 Å². The zero-order chi connectivity index (χ0) is 27.7. The van der Waals surface area contributed by atoms with Crippen LogP contribution in [-0.2, 0) is 10.2 Å². The van der Waals surface area contributed by atoms with E-state index in [9.17, 15) is 17.6 Å². The van der Waals surface area contributed by atoms with Gasteiger partial charge in [0.15, 0.2) is 5.82 Å². The molecule has 204 valence electrons. The molecule has 0 aliphatic carbocycles. The van der Waals surface area contributed by atoms with Gasteiger partial charge in [0.05, 0.1) is 5.69 Å². The molecule has 1 aliphatic rings. The first-order valence-electron chi connectivity index (χ1n) is 12.5. The summed E-state index contributed by atoms with van der Waals surface area (Å²) in [5.74, 6) is -3.44. The lowest BCUT2D eigenvalue weighted by Crippen LogP contribution is -2.43. The van der Waals surface area contributed by atoms with Crippen LogP contribution in [0.5, 0.6) is 0 Å². The van der Waals surface area contributed by atoms with E-state index >= 15 is 4.39 Å². The van der Waals surface area contributed by atoms with Gasteiger partial charge in [-0.15, -0.1) is 0 Å². The highest BCUT2D eigenvalue weighted by Gasteiger charge is 2.26. The average molecular weight is 555 g/mol. The molecule has 1 aliphatic heterocycles. The number of hydrogen-bond donors (Lipinski definition) is 2. The lowest BCUT2D eigenvalue weighted by molar-refractivity contribution is 0.0956. The molecule has 0 bridgehead atoms. The third kappa shape index (κ3) is 5.22. The summed E-state index contributed by atoms with van der Waals surface area (Å²) in [6.07, 6.45) is 2.99. The molecular weight excluding hydrogens is 526 g/mol. The molecule has 2 N–H and O–H groups in total. The Balaban J connectivity index is 1.43. The fraction of sp³-hybridized carbons (Fsp3) is 0.259. The van der Waals surface area contributed by atoms with E-state index in [0.717, 1.165) is 64.0 Å². The predicted molar refractivity (Wildman–Crippen MR) is 147 cm³/mol. The van der Waals surface area contributed by atoms with Crippen LogP contribution in [0.2, 0.25) is 0 Å². The number of fused-ring (bicyclic) bond motifs is 1. The van der Waals surface area contributed by atoms with Gasteiger partial charge in [0.1, 0.15) is 17.0 Å². The molecule has 0 radical (unpaired) electrons. The van der Waals surface area contributed by atoms with E-state index in [1.807, 2.05) is 18.2 Å². The zero-order valence-electron chi connectivity index (χ0n) is 21.5. The van der Waals surface area contributed by atoms with Crippen molar-refractivity contribution in [3.63, 3.8) is 0 Å². The topological polar surface area (TPSA) is 99.6 Å². The van der Waals surface area contributed by atoms with Crippen LogP contribution in [0.4, 0.5) is 20.2 Å². The Kier molecular flexibility index (Phi) is 7.34. The Labute approximate surface area is 225 Å². The van der Waals surface area contributed by atoms with Gasteiger partial charge in [-0.1, -0.05) is 19.1 Å². The fourth-order valence-corrected chi connectivity index (χ4v) is 5.40. The minimum absolute atomic E-state index is 0.132. The van der Waals surface area contributed by atoms with Crippen molar-refractivity contribution in [3.8, 4) is 11.1 Å². The van der Waals surface area contributed by atoms with Crippen molar-refractivity contribution in [1.29, 1.82) is 0 Å². The minimum atomic E-state index is -4.09. The zero-order valence-corrected chi connectivity index (χ0v) is 22.3. The molecule has 2 aromatic carbocycles. The fourth-order valence-electron chi connectivity index (χ4n) is 4.47. The van der Waals surface area contributed by atoms with E-state index in [-0.39, 0.29) is 12.2 Å². The Bertz CT molecular complexity index is 1630. The maximum absolute atomic E-state index is 15.3. The molecule has 0 atom stereocenters. The molecule has 0 saturated carbocycles. The molecule has 0 spiro atoms. The van der Waals surface area contributed by atoms with Crippen molar-refractivity contribution >= 4 is 38.5 Å². The van der Waals surface area contributed by atoms with Gasteiger partial charge in [-0.05, 0) is 42.0 Å². The first kappa shape index (κ1) is 26.7. The van der Waals surface area contributed by atoms with Crippen LogP contribution in [0.15, 0.2) is 60.9 Å². The lowest BCUT2D eigenvalue weighted by atomic mass is 10.1. The molecule has 12 heteroatoms. The van der Waals surface area contributed by atoms with E-state index in [0.29, 0.717) is 5.39 Å². The molecule has 39 heavy (non-hydrogen) atoms. The van der Waals surface area contributed by atoms with Crippen LogP contribution in [-0.4, -0.2) is 68.0 Å². The number of nitrogens with zero attached hydrogens (tertiary/aromatic N) is 4. The van der Waals surface area contributed by atoms with Gasteiger partial charge in [0.25, 0.3) is 5.91 Å². The number of hydrogen-bond acceptors (Lipinski definition) is 6. The Morgan fingerprint density at radius 2 is 1.79 bits per heavy atom. The molecule has 5 rings (SSSR count). The molecule has 9 nitrogen and oxygen atoms in total. The molecule has 1 saturated heterocycles. The van der Waals surface area contributed by atoms with Crippen molar-refractivity contribution in [2.45, 2.75) is 6.92 Å². The molecule has 2 aromatic heterocycles. The van der Waals surface area contributed by atoms with Crippen LogP contribution < -0.4 is 14.9 Å². The Hall–Kier alpha value is -3.87. The summed E-state index contributed by atoms with van der Waals surface area (Å²) in [6.45, 7) is 5.52. The second-order valence-electron chi connectivity index (χ2n) is 9.22. The number of pyridine rings is 1. The maximum atomic E-state index is 15.3. The standard InChI is InChI=1S/C27H28F2N6O3S/c1-3-33(2)39(37,38)32-23-9-8-22(28)24(25(23)29)27(36)35-13-10-19-16-20(17-31-26(19)35)18-4-6-21(7-5-18)34-14-11-30-12-15-34/h4-10,13,16-17,30,32H,3,11-12,14-15H2,1-2H3. The maximum Gasteiger partial charge on any atom is 0.301 e. The van der Waals surface area contributed by atoms with Crippen molar-refractivity contribution in [2.24, 2.45) is 0 Å². The first-order valence-corrected chi connectivity index (χ1v) is 13.9. The van der Waals surface area contributed by atoms with Crippen molar-refractivity contribution in [3.05, 3.63) is 78.1 Å². The van der Waals surface area contributed by atoms with E-state index in [1.165, 1.54) is 13.2 Å². The second kappa shape index (κ2) is 10.7. The summed E-state index contributed by atoms with van der Waals surface area (Å²) >= 11 is 0. The minimum Gasteiger partial charge on any atom is -0.369 e. The summed E-state index contributed by atoms with van der Waals surface area (Å²) in [4.78, 5) is 20.0. The molecule has 0 amide bonds. The Morgan fingerprint density at radius 3 is 2.49 bits per heavy atom. The SMILES string of the molecule is CCN(C)S(=O)(=O)Nc1ccc(F)c(C(=O)n2ccc3cc(-c4ccc(N5CCNCC5)cc4)cnc32)c1F. The molecule has 4 aromatic rings. The summed E-state index contributed by atoms with van der Waals surface area (Å²) < 4.78 is 58.7. The number of carbonyl (C=O) groups is 1. The van der Waals surface area contributed by atoms with Crippen LogP contribution in [0.1, 0.15) is 17.3 Å². The number of anilines is 2. The van der Waals surface area contributed by atoms with E-state index in [2.05, 4.69) is 32.1 Å². The molecular formula is C27H28F2N6O3S. The van der Waals surface area contributed by atoms with E-state index < -0.39 is 39.0 Å². The monoisotopic (exact) mass is 554 g/mol. The molecule has 0 unspecified atom stereocenters. The third-order valence-electron chi connectivity index (χ3n) is 6.83. The lowest BCUT2D eigenvalue weighted by Gasteiger charge is -2.29. The van der Waals surface area contributed by atoms with Crippen molar-refractivity contribution < 1.29 is 22.0 Å². The second-order valence-corrected chi connectivity index (χ2v) is 11.0. The number of benzene rings is 2. The highest BCUT2D eigenvalue weighted by atomic mass is 32.2. The van der Waals surface area contributed by atoms with Gasteiger partial charge >= 0.3 is 10.2 Å². The van der Waals surface area contributed by atoms with Gasteiger partial charge in [-0.25, -0.2) is 13.8 Å². The average Bonchev–Trinajstić information content (AvgIpc) is 3.38. The van der Waals surface area contributed by atoms with Crippen LogP contribution in [0.25, 0.3) is 22.2 Å². The summed E-state index contributed by atoms with van der Waals surface area (Å²) in [7, 11) is -2.78. The van der Waals surface area contributed by atoms with Gasteiger partial charge in [-0.2, -0.15) is 12.7 Å². The summed E-state index contributed by atoms with van der Waals surface area (Å²) in [5.41, 5.74) is 1.71. The van der Waals surface area contributed by atoms with Gasteiger partial charge < -0.3 is 10.2 Å².